The second-order valence-electron chi connectivity index (χ2n) is 3.04. The van der Waals surface area contributed by atoms with Crippen molar-refractivity contribution in [3.63, 3.8) is 0 Å². The van der Waals surface area contributed by atoms with Crippen LogP contribution in [0.15, 0.2) is 24.3 Å². The molecule has 0 heterocycles. The minimum atomic E-state index is -4.56. The summed E-state index contributed by atoms with van der Waals surface area (Å²) < 4.78 is 41.1. The molecule has 0 saturated carbocycles. The van der Waals surface area contributed by atoms with Crippen LogP contribution in [0.4, 0.5) is 13.2 Å². The van der Waals surface area contributed by atoms with E-state index in [4.69, 9.17) is 5.73 Å². The molecule has 0 spiro atoms. The molecule has 0 unspecified atom stereocenters. The number of hydrogen-bond acceptors (Lipinski definition) is 4. The van der Waals surface area contributed by atoms with E-state index in [2.05, 4.69) is 4.74 Å². The highest BCUT2D eigenvalue weighted by Gasteiger charge is 2.31. The van der Waals surface area contributed by atoms with Crippen molar-refractivity contribution in [3.05, 3.63) is 35.4 Å². The van der Waals surface area contributed by atoms with E-state index in [-0.39, 0.29) is 5.56 Å². The molecule has 0 amide bonds. The Morgan fingerprint density at radius 2 is 1.94 bits per heavy atom. The lowest BCUT2D eigenvalue weighted by molar-refractivity contribution is -0.137. The number of nitrogens with two attached hydrogens (primary N) is 1. The molecule has 17 heavy (non-hydrogen) atoms. The lowest BCUT2D eigenvalue weighted by Gasteiger charge is -2.07. The second kappa shape index (κ2) is 4.96. The van der Waals surface area contributed by atoms with Gasteiger partial charge in [-0.1, -0.05) is 6.07 Å². The van der Waals surface area contributed by atoms with E-state index >= 15 is 0 Å². The normalized spacial score (nSPS) is 11.1. The van der Waals surface area contributed by atoms with Crippen molar-refractivity contribution in [1.82, 2.24) is 0 Å². The molecule has 0 saturated heterocycles. The van der Waals surface area contributed by atoms with Crippen LogP contribution in [0.3, 0.4) is 0 Å². The number of alkyl halides is 3. The zero-order valence-electron chi connectivity index (χ0n) is 8.45. The lowest BCUT2D eigenvalue weighted by Crippen LogP contribution is -2.21. The van der Waals surface area contributed by atoms with Gasteiger partial charge in [0.05, 0.1) is 17.7 Å². The predicted molar refractivity (Wildman–Crippen MR) is 50.9 cm³/mol. The maximum absolute atomic E-state index is 12.3. The summed E-state index contributed by atoms with van der Waals surface area (Å²) in [5.41, 5.74) is 3.54. The molecule has 1 aromatic rings. The van der Waals surface area contributed by atoms with Gasteiger partial charge in [0.25, 0.3) is 0 Å². The Balaban J connectivity index is 2.92. The Morgan fingerprint density at radius 1 is 1.29 bits per heavy atom. The van der Waals surface area contributed by atoms with Crippen LogP contribution in [-0.2, 0) is 15.7 Å². The van der Waals surface area contributed by atoms with Crippen LogP contribution in [0.25, 0.3) is 0 Å². The van der Waals surface area contributed by atoms with Gasteiger partial charge in [-0.3, -0.25) is 4.79 Å². The van der Waals surface area contributed by atoms with E-state index in [0.29, 0.717) is 6.07 Å². The van der Waals surface area contributed by atoms with Crippen LogP contribution in [0.2, 0.25) is 0 Å². The van der Waals surface area contributed by atoms with Gasteiger partial charge in [0.1, 0.15) is 0 Å². The van der Waals surface area contributed by atoms with Crippen LogP contribution in [-0.4, -0.2) is 18.5 Å². The van der Waals surface area contributed by atoms with E-state index in [1.807, 2.05) is 0 Å². The number of carbonyl (C=O) groups is 2. The van der Waals surface area contributed by atoms with Crippen molar-refractivity contribution in [2.75, 3.05) is 6.54 Å². The Kier molecular flexibility index (Phi) is 3.84. The fourth-order valence-electron chi connectivity index (χ4n) is 1.03. The highest BCUT2D eigenvalue weighted by atomic mass is 19.4. The Hall–Kier alpha value is -1.89. The Morgan fingerprint density at radius 3 is 2.47 bits per heavy atom. The zero-order valence-corrected chi connectivity index (χ0v) is 8.45. The van der Waals surface area contributed by atoms with E-state index in [1.54, 1.807) is 0 Å². The van der Waals surface area contributed by atoms with Crippen molar-refractivity contribution in [1.29, 1.82) is 0 Å². The molecule has 4 nitrogen and oxygen atoms in total. The van der Waals surface area contributed by atoms with Crippen molar-refractivity contribution in [2.45, 2.75) is 6.18 Å². The standard InChI is InChI=1S/C10H8F3NO3/c11-10(12,13)7-3-1-2-6(4-7)9(16)17-8(15)5-14/h1-4H,5,14H2. The number of esters is 2. The molecule has 2 N–H and O–H groups in total. The molecule has 0 aliphatic rings. The average molecular weight is 247 g/mol. The number of benzene rings is 1. The highest BCUT2D eigenvalue weighted by molar-refractivity contribution is 5.97. The van der Waals surface area contributed by atoms with Gasteiger partial charge in [-0.2, -0.15) is 13.2 Å². The lowest BCUT2D eigenvalue weighted by atomic mass is 10.1. The van der Waals surface area contributed by atoms with Gasteiger partial charge in [-0.05, 0) is 18.2 Å². The molecule has 0 aromatic heterocycles. The summed E-state index contributed by atoms with van der Waals surface area (Å²) in [5.74, 6) is -2.17. The minimum absolute atomic E-state index is 0.360. The first-order valence-electron chi connectivity index (χ1n) is 4.47. The van der Waals surface area contributed by atoms with Gasteiger partial charge in [0, 0.05) is 0 Å². The summed E-state index contributed by atoms with van der Waals surface area (Å²) in [6.07, 6.45) is -4.56. The first kappa shape index (κ1) is 13.2. The average Bonchev–Trinajstić information content (AvgIpc) is 2.28. The van der Waals surface area contributed by atoms with Gasteiger partial charge in [0.15, 0.2) is 0 Å². The minimum Gasteiger partial charge on any atom is -0.388 e. The number of carbonyl (C=O) groups excluding carboxylic acids is 2. The molecule has 0 radical (unpaired) electrons. The summed E-state index contributed by atoms with van der Waals surface area (Å²) in [7, 11) is 0. The maximum atomic E-state index is 12.3. The topological polar surface area (TPSA) is 69.4 Å². The van der Waals surface area contributed by atoms with Gasteiger partial charge in [-0.25, -0.2) is 4.79 Å². The third kappa shape index (κ3) is 3.56. The van der Waals surface area contributed by atoms with Crippen molar-refractivity contribution in [3.8, 4) is 0 Å². The number of hydrogen-bond donors (Lipinski definition) is 1. The summed E-state index contributed by atoms with van der Waals surface area (Å²) >= 11 is 0. The first-order valence-corrected chi connectivity index (χ1v) is 4.47. The molecule has 0 fully saturated rings. The van der Waals surface area contributed by atoms with Crippen LogP contribution >= 0.6 is 0 Å². The molecule has 1 rings (SSSR count). The zero-order chi connectivity index (χ0) is 13.1. The predicted octanol–water partition coefficient (Wildman–Crippen LogP) is 1.35. The summed E-state index contributed by atoms with van der Waals surface area (Å²) in [6.45, 7) is -0.523. The van der Waals surface area contributed by atoms with Crippen molar-refractivity contribution in [2.24, 2.45) is 5.73 Å². The molecule has 0 aliphatic carbocycles. The third-order valence-corrected chi connectivity index (χ3v) is 1.80. The second-order valence-corrected chi connectivity index (χ2v) is 3.04. The molecule has 0 bridgehead atoms. The highest BCUT2D eigenvalue weighted by Crippen LogP contribution is 2.29. The van der Waals surface area contributed by atoms with Gasteiger partial charge >= 0.3 is 18.1 Å². The Bertz CT molecular complexity index is 443. The van der Waals surface area contributed by atoms with Gasteiger partial charge in [0.2, 0.25) is 0 Å². The summed E-state index contributed by atoms with van der Waals surface area (Å²) in [6, 6.07) is 3.57. The molecule has 1 aromatic carbocycles. The van der Waals surface area contributed by atoms with E-state index in [1.165, 1.54) is 0 Å². The smallest absolute Gasteiger partial charge is 0.388 e. The molecular formula is C10H8F3NO3. The number of ether oxygens (including phenoxy) is 1. The first-order chi connectivity index (χ1) is 7.84. The largest absolute Gasteiger partial charge is 0.416 e. The third-order valence-electron chi connectivity index (χ3n) is 1.80. The van der Waals surface area contributed by atoms with E-state index < -0.39 is 30.2 Å². The quantitative estimate of drug-likeness (QED) is 0.632. The molecular weight excluding hydrogens is 239 g/mol. The number of rotatable bonds is 2. The fourth-order valence-corrected chi connectivity index (χ4v) is 1.03. The molecule has 0 aliphatic heterocycles. The van der Waals surface area contributed by atoms with Crippen LogP contribution < -0.4 is 5.73 Å². The summed E-state index contributed by atoms with van der Waals surface area (Å²) in [5, 5.41) is 0. The van der Waals surface area contributed by atoms with Gasteiger partial charge in [-0.15, -0.1) is 0 Å². The monoisotopic (exact) mass is 247 g/mol. The van der Waals surface area contributed by atoms with Crippen LogP contribution in [0.1, 0.15) is 15.9 Å². The Labute approximate surface area is 94.2 Å². The fraction of sp³-hybridized carbons (Fsp3) is 0.200. The molecule has 92 valence electrons. The maximum Gasteiger partial charge on any atom is 0.416 e. The van der Waals surface area contributed by atoms with Crippen LogP contribution in [0.5, 0.6) is 0 Å². The van der Waals surface area contributed by atoms with Crippen LogP contribution in [0, 0.1) is 0 Å². The van der Waals surface area contributed by atoms with Crippen molar-refractivity contribution >= 4 is 11.9 Å². The SMILES string of the molecule is NCC(=O)OC(=O)c1cccc(C(F)(F)F)c1. The van der Waals surface area contributed by atoms with Gasteiger partial charge < -0.3 is 10.5 Å². The summed E-state index contributed by atoms with van der Waals surface area (Å²) in [4.78, 5) is 21.9. The molecule has 7 heteroatoms. The van der Waals surface area contributed by atoms with E-state index in [0.717, 1.165) is 18.2 Å². The van der Waals surface area contributed by atoms with Crippen molar-refractivity contribution < 1.29 is 27.5 Å². The number of halogens is 3. The molecule has 0 atom stereocenters. The van der Waals surface area contributed by atoms with E-state index in [9.17, 15) is 22.8 Å².